The highest BCUT2D eigenvalue weighted by molar-refractivity contribution is 5.69. The van der Waals surface area contributed by atoms with Gasteiger partial charge < -0.3 is 4.74 Å². The number of fused-ring (bicyclic) bond motifs is 1. The van der Waals surface area contributed by atoms with E-state index in [9.17, 15) is 4.79 Å². The summed E-state index contributed by atoms with van der Waals surface area (Å²) in [5.74, 6) is 0. The van der Waals surface area contributed by atoms with E-state index in [1.165, 1.54) is 0 Å². The van der Waals surface area contributed by atoms with Crippen LogP contribution < -0.4 is 0 Å². The molecule has 0 radical (unpaired) electrons. The largest absolute Gasteiger partial charge is 0.444 e. The molecule has 0 fully saturated rings. The zero-order valence-electron chi connectivity index (χ0n) is 10.9. The van der Waals surface area contributed by atoms with Gasteiger partial charge in [-0.25, -0.2) is 4.79 Å². The van der Waals surface area contributed by atoms with Crippen LogP contribution >= 0.6 is 0 Å². The topological polar surface area (TPSA) is 47.4 Å². The van der Waals surface area contributed by atoms with Crippen molar-refractivity contribution in [2.75, 3.05) is 0 Å². The number of aromatic nitrogens is 2. The van der Waals surface area contributed by atoms with Crippen LogP contribution in [0.1, 0.15) is 39.0 Å². The second-order valence-electron chi connectivity index (χ2n) is 5.27. The first kappa shape index (κ1) is 12.0. The Kier molecular flexibility index (Phi) is 2.85. The van der Waals surface area contributed by atoms with E-state index in [0.29, 0.717) is 13.1 Å². The summed E-state index contributed by atoms with van der Waals surface area (Å²) in [7, 11) is 0. The number of amides is 1. The van der Waals surface area contributed by atoms with Crippen molar-refractivity contribution < 1.29 is 9.53 Å². The second kappa shape index (κ2) is 4.05. The Balaban J connectivity index is 2.05. The van der Waals surface area contributed by atoms with E-state index in [0.717, 1.165) is 17.8 Å². The predicted molar refractivity (Wildman–Crippen MR) is 63.4 cm³/mol. The van der Waals surface area contributed by atoms with Crippen LogP contribution in [0.5, 0.6) is 0 Å². The van der Waals surface area contributed by atoms with Crippen molar-refractivity contribution >= 4 is 6.09 Å². The fourth-order valence-corrected chi connectivity index (χ4v) is 1.94. The second-order valence-corrected chi connectivity index (χ2v) is 5.27. The number of carbonyl (C=O) groups excluding carboxylic acids is 1. The molecule has 0 unspecified atom stereocenters. The number of carbonyl (C=O) groups is 1. The summed E-state index contributed by atoms with van der Waals surface area (Å²) in [6.45, 7) is 9.70. The number of hydrogen-bond acceptors (Lipinski definition) is 3. The quantitative estimate of drug-likeness (QED) is 0.752. The molecular weight excluding hydrogens is 218 g/mol. The van der Waals surface area contributed by atoms with E-state index in [1.54, 1.807) is 4.90 Å². The first-order chi connectivity index (χ1) is 7.90. The Morgan fingerprint density at radius 3 is 2.76 bits per heavy atom. The van der Waals surface area contributed by atoms with Crippen LogP contribution in [0, 0.1) is 0 Å². The molecule has 1 aromatic heterocycles. The van der Waals surface area contributed by atoms with Crippen molar-refractivity contribution in [3.05, 3.63) is 17.5 Å². The molecule has 0 spiro atoms. The third-order valence-corrected chi connectivity index (χ3v) is 2.69. The summed E-state index contributed by atoms with van der Waals surface area (Å²) in [5.41, 5.74) is 1.80. The van der Waals surface area contributed by atoms with Gasteiger partial charge >= 0.3 is 6.09 Å². The van der Waals surface area contributed by atoms with Crippen LogP contribution in [0.4, 0.5) is 4.79 Å². The highest BCUT2D eigenvalue weighted by Gasteiger charge is 2.29. The molecule has 0 aliphatic carbocycles. The summed E-state index contributed by atoms with van der Waals surface area (Å²) in [6, 6.07) is 0. The van der Waals surface area contributed by atoms with Gasteiger partial charge in [-0.1, -0.05) is 0 Å². The molecule has 0 atom stereocenters. The smallest absolute Gasteiger partial charge is 0.410 e. The molecule has 1 aromatic rings. The van der Waals surface area contributed by atoms with Gasteiger partial charge in [0, 0.05) is 12.1 Å². The molecule has 17 heavy (non-hydrogen) atoms. The Labute approximate surface area is 101 Å². The maximum atomic E-state index is 11.9. The van der Waals surface area contributed by atoms with Crippen molar-refractivity contribution in [2.24, 2.45) is 0 Å². The minimum Gasteiger partial charge on any atom is -0.444 e. The molecule has 2 heterocycles. The van der Waals surface area contributed by atoms with E-state index >= 15 is 0 Å². The normalized spacial score (nSPS) is 14.9. The Bertz CT molecular complexity index is 431. The molecule has 2 rings (SSSR count). The molecule has 5 heteroatoms. The zero-order chi connectivity index (χ0) is 12.6. The third kappa shape index (κ3) is 2.43. The number of ether oxygens (including phenoxy) is 1. The average molecular weight is 237 g/mol. The number of hydrogen-bond donors (Lipinski definition) is 0. The lowest BCUT2D eigenvalue weighted by Gasteiger charge is -2.24. The maximum Gasteiger partial charge on any atom is 0.410 e. The Morgan fingerprint density at radius 1 is 1.47 bits per heavy atom. The van der Waals surface area contributed by atoms with Gasteiger partial charge in [-0.2, -0.15) is 5.10 Å². The average Bonchev–Trinajstić information content (AvgIpc) is 2.72. The van der Waals surface area contributed by atoms with Crippen molar-refractivity contribution in [1.82, 2.24) is 14.7 Å². The molecule has 94 valence electrons. The zero-order valence-corrected chi connectivity index (χ0v) is 10.9. The van der Waals surface area contributed by atoms with Crippen molar-refractivity contribution in [3.63, 3.8) is 0 Å². The molecular formula is C12H19N3O2. The van der Waals surface area contributed by atoms with Gasteiger partial charge in [0.05, 0.1) is 25.0 Å². The molecule has 5 nitrogen and oxygen atoms in total. The highest BCUT2D eigenvalue weighted by atomic mass is 16.6. The number of aryl methyl sites for hydroxylation is 1. The van der Waals surface area contributed by atoms with Crippen molar-refractivity contribution in [3.8, 4) is 0 Å². The van der Waals surface area contributed by atoms with E-state index in [4.69, 9.17) is 4.74 Å². The molecule has 0 saturated carbocycles. The number of rotatable bonds is 1. The van der Waals surface area contributed by atoms with Gasteiger partial charge in [-0.3, -0.25) is 9.58 Å². The van der Waals surface area contributed by atoms with Crippen molar-refractivity contribution in [2.45, 2.75) is 52.9 Å². The van der Waals surface area contributed by atoms with Crippen LogP contribution in [0.2, 0.25) is 0 Å². The molecule has 0 N–H and O–H groups in total. The standard InChI is InChI=1S/C12H19N3O2/c1-5-15-10-8-14(7-9(10)6-13-15)11(16)17-12(2,3)4/h6H,5,7-8H2,1-4H3. The van der Waals surface area contributed by atoms with Gasteiger partial charge in [0.25, 0.3) is 0 Å². The summed E-state index contributed by atoms with van der Waals surface area (Å²) < 4.78 is 7.28. The lowest BCUT2D eigenvalue weighted by atomic mass is 10.2. The molecule has 1 aliphatic rings. The van der Waals surface area contributed by atoms with E-state index in [-0.39, 0.29) is 6.09 Å². The molecule has 0 bridgehead atoms. The minimum atomic E-state index is -0.442. The first-order valence-electron chi connectivity index (χ1n) is 5.92. The van der Waals surface area contributed by atoms with Crippen LogP contribution in [-0.2, 0) is 24.4 Å². The van der Waals surface area contributed by atoms with Gasteiger partial charge in [-0.15, -0.1) is 0 Å². The predicted octanol–water partition coefficient (Wildman–Crippen LogP) is 2.15. The fraction of sp³-hybridized carbons (Fsp3) is 0.667. The summed E-state index contributed by atoms with van der Waals surface area (Å²) in [5, 5.41) is 4.26. The minimum absolute atomic E-state index is 0.253. The highest BCUT2D eigenvalue weighted by Crippen LogP contribution is 2.24. The van der Waals surface area contributed by atoms with E-state index < -0.39 is 5.60 Å². The van der Waals surface area contributed by atoms with Crippen molar-refractivity contribution in [1.29, 1.82) is 0 Å². The first-order valence-corrected chi connectivity index (χ1v) is 5.92. The van der Waals surface area contributed by atoms with E-state index in [1.807, 2.05) is 38.6 Å². The molecule has 0 aromatic carbocycles. The van der Waals surface area contributed by atoms with E-state index in [2.05, 4.69) is 5.10 Å². The SMILES string of the molecule is CCn1ncc2c1CN(C(=O)OC(C)(C)C)C2. The monoisotopic (exact) mass is 237 g/mol. The van der Waals surface area contributed by atoms with Gasteiger partial charge in [0.15, 0.2) is 0 Å². The fourth-order valence-electron chi connectivity index (χ4n) is 1.94. The molecule has 0 saturated heterocycles. The summed E-state index contributed by atoms with van der Waals surface area (Å²) in [6.07, 6.45) is 1.58. The van der Waals surface area contributed by atoms with Gasteiger partial charge in [0.2, 0.25) is 0 Å². The summed E-state index contributed by atoms with van der Waals surface area (Å²) in [4.78, 5) is 13.6. The lowest BCUT2D eigenvalue weighted by molar-refractivity contribution is 0.0238. The third-order valence-electron chi connectivity index (χ3n) is 2.69. The summed E-state index contributed by atoms with van der Waals surface area (Å²) >= 11 is 0. The van der Waals surface area contributed by atoms with Gasteiger partial charge in [0.1, 0.15) is 5.60 Å². The van der Waals surface area contributed by atoms with Crippen LogP contribution in [0.25, 0.3) is 0 Å². The Morgan fingerprint density at radius 2 is 2.18 bits per heavy atom. The lowest BCUT2D eigenvalue weighted by Crippen LogP contribution is -2.33. The maximum absolute atomic E-state index is 11.9. The number of nitrogens with zero attached hydrogens (tertiary/aromatic N) is 3. The van der Waals surface area contributed by atoms with Gasteiger partial charge in [-0.05, 0) is 27.7 Å². The van der Waals surface area contributed by atoms with Crippen LogP contribution in [0.3, 0.4) is 0 Å². The van der Waals surface area contributed by atoms with Crippen LogP contribution in [0.15, 0.2) is 6.20 Å². The van der Waals surface area contributed by atoms with Crippen LogP contribution in [-0.4, -0.2) is 26.4 Å². The molecule has 1 aliphatic heterocycles. The Hall–Kier alpha value is -1.52. The molecule has 1 amide bonds.